The van der Waals surface area contributed by atoms with Crippen molar-refractivity contribution in [3.05, 3.63) is 181 Å². The molecule has 0 spiro atoms. The van der Waals surface area contributed by atoms with Crippen molar-refractivity contribution < 1.29 is 4.74 Å². The van der Waals surface area contributed by atoms with Gasteiger partial charge in [-0.1, -0.05) is 109 Å². The summed E-state index contributed by atoms with van der Waals surface area (Å²) < 4.78 is 8.98. The molecule has 9 aromatic carbocycles. The fourth-order valence-electron chi connectivity index (χ4n) is 8.19. The Balaban J connectivity index is 1.12. The van der Waals surface area contributed by atoms with Gasteiger partial charge in [-0.15, -0.1) is 11.3 Å². The number of rotatable bonds is 3. The predicted octanol–water partition coefficient (Wildman–Crippen LogP) is 14.2. The molecule has 238 valence electrons. The minimum atomic E-state index is 0.861. The summed E-state index contributed by atoms with van der Waals surface area (Å²) in [5, 5.41) is 10.4. The first-order chi connectivity index (χ1) is 25.2. The van der Waals surface area contributed by atoms with Gasteiger partial charge in [-0.25, -0.2) is 0 Å². The first-order valence-corrected chi connectivity index (χ1v) is 18.3. The molecular formula is C49H30OS. The Morgan fingerprint density at radius 2 is 0.804 bits per heavy atom. The molecule has 2 heteroatoms. The van der Waals surface area contributed by atoms with Crippen LogP contribution >= 0.6 is 11.3 Å². The van der Waals surface area contributed by atoms with Crippen LogP contribution in [0.25, 0.3) is 85.9 Å². The van der Waals surface area contributed by atoms with Crippen LogP contribution in [0.2, 0.25) is 0 Å². The van der Waals surface area contributed by atoms with E-state index in [2.05, 4.69) is 164 Å². The third kappa shape index (κ3) is 4.61. The van der Waals surface area contributed by atoms with E-state index in [0.717, 1.165) is 17.9 Å². The molecule has 1 aliphatic rings. The quantitative estimate of drug-likeness (QED) is 0.171. The van der Waals surface area contributed by atoms with E-state index in [9.17, 15) is 0 Å². The minimum Gasteiger partial charge on any atom is -0.457 e. The molecule has 0 bridgehead atoms. The lowest BCUT2D eigenvalue weighted by molar-refractivity contribution is 0.460. The zero-order valence-electron chi connectivity index (χ0n) is 27.7. The number of hydrogen-bond acceptors (Lipinski definition) is 2. The van der Waals surface area contributed by atoms with Crippen molar-refractivity contribution in [2.45, 2.75) is 6.42 Å². The van der Waals surface area contributed by atoms with Crippen LogP contribution in [0.5, 0.6) is 11.5 Å². The molecular weight excluding hydrogens is 637 g/mol. The summed E-state index contributed by atoms with van der Waals surface area (Å²) in [5.41, 5.74) is 9.68. The third-order valence-electron chi connectivity index (χ3n) is 10.7. The molecule has 10 aromatic rings. The second kappa shape index (κ2) is 11.1. The van der Waals surface area contributed by atoms with E-state index in [0.29, 0.717) is 0 Å². The summed E-state index contributed by atoms with van der Waals surface area (Å²) >= 11 is 1.86. The molecule has 0 fully saturated rings. The van der Waals surface area contributed by atoms with Crippen LogP contribution in [0.3, 0.4) is 0 Å². The number of para-hydroxylation sites is 1. The number of hydrogen-bond donors (Lipinski definition) is 0. The SMILES string of the molecule is c1ccc2c(c1)Cc1cc(-c3cc(-c4ccc5sc6ccccc6c5c4)cc(-c4ccc5c6ccccc6c6ccccc6c5c4)c3)ccc1O2. The number of ether oxygens (including phenoxy) is 1. The van der Waals surface area contributed by atoms with Gasteiger partial charge in [0.05, 0.1) is 0 Å². The first kappa shape index (κ1) is 28.6. The number of thiophene rings is 1. The van der Waals surface area contributed by atoms with Crippen LogP contribution in [0.15, 0.2) is 170 Å². The van der Waals surface area contributed by atoms with Gasteiger partial charge in [0.2, 0.25) is 0 Å². The Morgan fingerprint density at radius 3 is 1.53 bits per heavy atom. The summed E-state index contributed by atoms with van der Waals surface area (Å²) in [6, 6.07) is 62.5. The fourth-order valence-corrected chi connectivity index (χ4v) is 9.28. The normalized spacial score (nSPS) is 12.4. The van der Waals surface area contributed by atoms with E-state index in [1.165, 1.54) is 97.0 Å². The van der Waals surface area contributed by atoms with Crippen molar-refractivity contribution in [3.8, 4) is 44.9 Å². The van der Waals surface area contributed by atoms with E-state index in [1.807, 2.05) is 17.4 Å². The molecule has 0 saturated heterocycles. The Hall–Kier alpha value is -6.22. The van der Waals surface area contributed by atoms with Crippen molar-refractivity contribution in [1.29, 1.82) is 0 Å². The molecule has 0 aliphatic carbocycles. The van der Waals surface area contributed by atoms with E-state index in [4.69, 9.17) is 4.74 Å². The summed E-state index contributed by atoms with van der Waals surface area (Å²) in [4.78, 5) is 0. The molecule has 1 nitrogen and oxygen atoms in total. The van der Waals surface area contributed by atoms with Crippen LogP contribution in [-0.4, -0.2) is 0 Å². The zero-order chi connectivity index (χ0) is 33.5. The van der Waals surface area contributed by atoms with Gasteiger partial charge in [-0.2, -0.15) is 0 Å². The van der Waals surface area contributed by atoms with Gasteiger partial charge in [-0.05, 0) is 137 Å². The minimum absolute atomic E-state index is 0.861. The molecule has 0 radical (unpaired) electrons. The lowest BCUT2D eigenvalue weighted by Gasteiger charge is -2.21. The Labute approximate surface area is 299 Å². The summed E-state index contributed by atoms with van der Waals surface area (Å²) in [7, 11) is 0. The average molecular weight is 667 g/mol. The van der Waals surface area contributed by atoms with Gasteiger partial charge in [0.1, 0.15) is 11.5 Å². The highest BCUT2D eigenvalue weighted by molar-refractivity contribution is 7.25. The van der Waals surface area contributed by atoms with Crippen LogP contribution in [0, 0.1) is 0 Å². The molecule has 51 heavy (non-hydrogen) atoms. The maximum atomic E-state index is 6.33. The highest BCUT2D eigenvalue weighted by Gasteiger charge is 2.18. The Morgan fingerprint density at radius 1 is 0.314 bits per heavy atom. The largest absolute Gasteiger partial charge is 0.457 e. The molecule has 11 rings (SSSR count). The van der Waals surface area contributed by atoms with Crippen LogP contribution < -0.4 is 4.74 Å². The topological polar surface area (TPSA) is 9.23 Å². The molecule has 1 aromatic heterocycles. The molecule has 0 amide bonds. The van der Waals surface area contributed by atoms with Crippen molar-refractivity contribution in [2.24, 2.45) is 0 Å². The van der Waals surface area contributed by atoms with Crippen molar-refractivity contribution >= 4 is 63.8 Å². The van der Waals surface area contributed by atoms with Gasteiger partial charge < -0.3 is 4.74 Å². The highest BCUT2D eigenvalue weighted by Crippen LogP contribution is 2.43. The van der Waals surface area contributed by atoms with Crippen molar-refractivity contribution in [1.82, 2.24) is 0 Å². The molecule has 0 atom stereocenters. The maximum Gasteiger partial charge on any atom is 0.131 e. The summed E-state index contributed by atoms with van der Waals surface area (Å²) in [5.74, 6) is 1.90. The molecule has 1 aliphatic heterocycles. The third-order valence-corrected chi connectivity index (χ3v) is 11.8. The molecule has 0 saturated carbocycles. The van der Waals surface area contributed by atoms with Gasteiger partial charge in [0.15, 0.2) is 0 Å². The lowest BCUT2D eigenvalue weighted by Crippen LogP contribution is -2.02. The van der Waals surface area contributed by atoms with Crippen molar-refractivity contribution in [2.75, 3.05) is 0 Å². The van der Waals surface area contributed by atoms with Gasteiger partial charge in [0.25, 0.3) is 0 Å². The first-order valence-electron chi connectivity index (χ1n) is 17.5. The standard InChI is InChI=1S/C49H30OS/c1-7-15-46-33(9-1)24-37-23-30(18-21-47(37)50-46)34-25-35(27-36(26-34)32-19-22-49-45(29-32)43-14-6-8-16-48(43)51-49)31-17-20-42-40-12-3-2-10-38(40)39-11-4-5-13-41(39)44(42)28-31/h1-23,25-29H,24H2. The van der Waals surface area contributed by atoms with E-state index in [1.54, 1.807) is 0 Å². The second-order valence-electron chi connectivity index (χ2n) is 13.7. The summed E-state index contributed by atoms with van der Waals surface area (Å²) in [6.07, 6.45) is 0.861. The second-order valence-corrected chi connectivity index (χ2v) is 14.8. The van der Waals surface area contributed by atoms with E-state index < -0.39 is 0 Å². The average Bonchev–Trinajstić information content (AvgIpc) is 3.57. The molecule has 0 N–H and O–H groups in total. The van der Waals surface area contributed by atoms with E-state index in [-0.39, 0.29) is 0 Å². The predicted molar refractivity (Wildman–Crippen MR) is 217 cm³/mol. The number of benzene rings is 9. The Kier molecular flexibility index (Phi) is 6.25. The van der Waals surface area contributed by atoms with Gasteiger partial charge in [-0.3, -0.25) is 0 Å². The number of fused-ring (bicyclic) bond motifs is 11. The van der Waals surface area contributed by atoms with Crippen molar-refractivity contribution in [3.63, 3.8) is 0 Å². The zero-order valence-corrected chi connectivity index (χ0v) is 28.5. The smallest absolute Gasteiger partial charge is 0.131 e. The highest BCUT2D eigenvalue weighted by atomic mass is 32.1. The lowest BCUT2D eigenvalue weighted by atomic mass is 9.89. The van der Waals surface area contributed by atoms with Gasteiger partial charge in [0, 0.05) is 26.6 Å². The summed E-state index contributed by atoms with van der Waals surface area (Å²) in [6.45, 7) is 0. The monoisotopic (exact) mass is 666 g/mol. The van der Waals surface area contributed by atoms with Gasteiger partial charge >= 0.3 is 0 Å². The van der Waals surface area contributed by atoms with Crippen LogP contribution in [0.1, 0.15) is 11.1 Å². The fraction of sp³-hybridized carbons (Fsp3) is 0.0204. The molecule has 0 unspecified atom stereocenters. The Bertz CT molecular complexity index is 3000. The van der Waals surface area contributed by atoms with Crippen LogP contribution in [0.4, 0.5) is 0 Å². The maximum absolute atomic E-state index is 6.33. The van der Waals surface area contributed by atoms with E-state index >= 15 is 0 Å². The van der Waals surface area contributed by atoms with Crippen LogP contribution in [-0.2, 0) is 6.42 Å². The molecule has 2 heterocycles.